The molecule has 0 bridgehead atoms. The molecule has 6 nitrogen and oxygen atoms in total. The lowest BCUT2D eigenvalue weighted by Crippen LogP contribution is -2.40. The average Bonchev–Trinajstić information content (AvgIpc) is 3.28. The summed E-state index contributed by atoms with van der Waals surface area (Å²) in [4.78, 5) is 19.9. The van der Waals surface area contributed by atoms with Crippen LogP contribution in [0.1, 0.15) is 16.9 Å². The van der Waals surface area contributed by atoms with Gasteiger partial charge in [0.25, 0.3) is 5.91 Å². The summed E-state index contributed by atoms with van der Waals surface area (Å²) in [5.41, 5.74) is 0.717. The number of benzene rings is 1. The third-order valence-electron chi connectivity index (χ3n) is 5.27. The van der Waals surface area contributed by atoms with Crippen LogP contribution in [-0.2, 0) is 4.74 Å². The van der Waals surface area contributed by atoms with Gasteiger partial charge in [0, 0.05) is 43.6 Å². The largest absolute Gasteiger partial charge is 0.573 e. The molecule has 2 aliphatic rings. The molecule has 4 rings (SSSR count). The number of likely N-dealkylation sites (tertiary alicyclic amines) is 1. The monoisotopic (exact) mass is 397 g/mol. The maximum Gasteiger partial charge on any atom is 0.573 e. The zero-order chi connectivity index (χ0) is 19.7. The lowest BCUT2D eigenvalue weighted by Gasteiger charge is -2.29. The quantitative estimate of drug-likeness (QED) is 0.862. The molecule has 1 aromatic heterocycles. The van der Waals surface area contributed by atoms with Gasteiger partial charge in [-0.1, -0.05) is 6.07 Å². The van der Waals surface area contributed by atoms with E-state index in [9.17, 15) is 18.0 Å². The van der Waals surface area contributed by atoms with Crippen LogP contribution in [0, 0.1) is 5.92 Å². The number of carbonyl (C=O) groups is 1. The molecule has 2 fully saturated rings. The van der Waals surface area contributed by atoms with Crippen LogP contribution in [0.5, 0.6) is 5.75 Å². The summed E-state index contributed by atoms with van der Waals surface area (Å²) in [6, 6.07) is 5.77. The van der Waals surface area contributed by atoms with Crippen LogP contribution < -0.4 is 4.74 Å². The smallest absolute Gasteiger partial charge is 0.405 e. The van der Waals surface area contributed by atoms with E-state index in [4.69, 9.17) is 4.74 Å². The van der Waals surface area contributed by atoms with Crippen molar-refractivity contribution < 1.29 is 27.4 Å². The Morgan fingerprint density at radius 1 is 1.25 bits per heavy atom. The number of nitrogens with zero attached hydrogens (tertiary/aromatic N) is 2. The second-order valence-electron chi connectivity index (χ2n) is 7.27. The van der Waals surface area contributed by atoms with Gasteiger partial charge in [0.05, 0.1) is 13.2 Å². The van der Waals surface area contributed by atoms with Gasteiger partial charge in [0.15, 0.2) is 0 Å². The first-order chi connectivity index (χ1) is 13.4. The summed E-state index contributed by atoms with van der Waals surface area (Å²) in [7, 11) is 0. The molecule has 0 saturated carbocycles. The summed E-state index contributed by atoms with van der Waals surface area (Å²) < 4.78 is 47.2. The van der Waals surface area contributed by atoms with E-state index >= 15 is 0 Å². The molecular weight excluding hydrogens is 375 g/mol. The van der Waals surface area contributed by atoms with E-state index < -0.39 is 6.36 Å². The Hall–Kier alpha value is -2.26. The number of hydrogen-bond acceptors (Lipinski definition) is 4. The van der Waals surface area contributed by atoms with E-state index in [1.54, 1.807) is 11.0 Å². The number of aromatic nitrogens is 1. The Bertz CT molecular complexity index is 846. The van der Waals surface area contributed by atoms with Gasteiger partial charge in [-0.15, -0.1) is 13.2 Å². The van der Waals surface area contributed by atoms with Crippen molar-refractivity contribution in [1.29, 1.82) is 0 Å². The molecule has 3 heterocycles. The summed E-state index contributed by atoms with van der Waals surface area (Å²) in [5.74, 6) is -0.110. The molecule has 0 aliphatic carbocycles. The first-order valence-electron chi connectivity index (χ1n) is 9.36. The first kappa shape index (κ1) is 19.1. The van der Waals surface area contributed by atoms with Crippen LogP contribution in [0.15, 0.2) is 24.3 Å². The third-order valence-corrected chi connectivity index (χ3v) is 5.27. The van der Waals surface area contributed by atoms with E-state index in [2.05, 4.69) is 14.6 Å². The van der Waals surface area contributed by atoms with Crippen molar-refractivity contribution in [3.63, 3.8) is 0 Å². The minimum atomic E-state index is -4.78. The van der Waals surface area contributed by atoms with Crippen molar-refractivity contribution in [2.24, 2.45) is 5.92 Å². The van der Waals surface area contributed by atoms with Crippen LogP contribution in [0.2, 0.25) is 0 Å². The van der Waals surface area contributed by atoms with Gasteiger partial charge in [-0.05, 0) is 30.5 Å². The number of rotatable bonds is 4. The molecule has 0 spiro atoms. The van der Waals surface area contributed by atoms with Crippen molar-refractivity contribution in [2.45, 2.75) is 12.8 Å². The van der Waals surface area contributed by atoms with Crippen LogP contribution >= 0.6 is 0 Å². The number of hydrogen-bond donors (Lipinski definition) is 1. The van der Waals surface area contributed by atoms with Gasteiger partial charge in [-0.25, -0.2) is 0 Å². The lowest BCUT2D eigenvalue weighted by molar-refractivity contribution is -0.274. The molecule has 1 atom stereocenters. The highest BCUT2D eigenvalue weighted by molar-refractivity contribution is 5.99. The minimum absolute atomic E-state index is 0.196. The van der Waals surface area contributed by atoms with Gasteiger partial charge in [0.2, 0.25) is 0 Å². The predicted octanol–water partition coefficient (Wildman–Crippen LogP) is 2.86. The lowest BCUT2D eigenvalue weighted by atomic mass is 10.1. The summed E-state index contributed by atoms with van der Waals surface area (Å²) >= 11 is 0. The number of fused-ring (bicyclic) bond motifs is 1. The molecule has 2 saturated heterocycles. The molecule has 1 N–H and O–H groups in total. The van der Waals surface area contributed by atoms with E-state index in [0.717, 1.165) is 39.3 Å². The standard InChI is InChI=1S/C19H22F3N3O3/c20-19(21,22)28-17-3-1-2-15-14(17)10-16(23-15)18(26)25-5-4-13(12-25)11-24-6-8-27-9-7-24/h1-3,10,13,23H,4-9,11-12H2/t13-/m1/s1. The molecule has 0 unspecified atom stereocenters. The van der Waals surface area contributed by atoms with E-state index in [1.807, 2.05) is 0 Å². The van der Waals surface area contributed by atoms with Crippen LogP contribution in [-0.4, -0.2) is 73.0 Å². The Morgan fingerprint density at radius 3 is 2.79 bits per heavy atom. The summed E-state index contributed by atoms with van der Waals surface area (Å²) in [6.45, 7) is 5.54. The first-order valence-corrected chi connectivity index (χ1v) is 9.36. The summed E-state index contributed by atoms with van der Waals surface area (Å²) in [5, 5.41) is 0.243. The molecule has 28 heavy (non-hydrogen) atoms. The van der Waals surface area contributed by atoms with Gasteiger partial charge in [0.1, 0.15) is 11.4 Å². The molecule has 1 aromatic carbocycles. The third kappa shape index (κ3) is 4.25. The highest BCUT2D eigenvalue weighted by atomic mass is 19.4. The average molecular weight is 397 g/mol. The second kappa shape index (κ2) is 7.63. The fourth-order valence-corrected chi connectivity index (χ4v) is 3.94. The number of alkyl halides is 3. The fraction of sp³-hybridized carbons (Fsp3) is 0.526. The number of halogens is 3. The predicted molar refractivity (Wildman–Crippen MR) is 96.3 cm³/mol. The Balaban J connectivity index is 1.44. The van der Waals surface area contributed by atoms with Gasteiger partial charge >= 0.3 is 6.36 Å². The van der Waals surface area contributed by atoms with Crippen LogP contribution in [0.4, 0.5) is 13.2 Å². The Kier molecular flexibility index (Phi) is 5.20. The molecule has 0 radical (unpaired) electrons. The molecule has 9 heteroatoms. The van der Waals surface area contributed by atoms with E-state index in [0.29, 0.717) is 24.5 Å². The zero-order valence-electron chi connectivity index (χ0n) is 15.3. The number of morpholine rings is 1. The normalized spacial score (nSPS) is 21.4. The summed E-state index contributed by atoms with van der Waals surface area (Å²) in [6.07, 6.45) is -3.86. The number of ether oxygens (including phenoxy) is 2. The van der Waals surface area contributed by atoms with Crippen molar-refractivity contribution in [3.8, 4) is 5.75 Å². The van der Waals surface area contributed by atoms with Crippen LogP contribution in [0.3, 0.4) is 0 Å². The van der Waals surface area contributed by atoms with Crippen molar-refractivity contribution in [3.05, 3.63) is 30.0 Å². The van der Waals surface area contributed by atoms with Gasteiger partial charge in [-0.2, -0.15) is 0 Å². The molecule has 1 amide bonds. The number of amides is 1. The van der Waals surface area contributed by atoms with E-state index in [1.165, 1.54) is 18.2 Å². The molecule has 152 valence electrons. The maximum absolute atomic E-state index is 12.8. The van der Waals surface area contributed by atoms with Crippen molar-refractivity contribution in [1.82, 2.24) is 14.8 Å². The Morgan fingerprint density at radius 2 is 2.04 bits per heavy atom. The highest BCUT2D eigenvalue weighted by Gasteiger charge is 2.33. The highest BCUT2D eigenvalue weighted by Crippen LogP contribution is 2.31. The number of aromatic amines is 1. The zero-order valence-corrected chi connectivity index (χ0v) is 15.3. The topological polar surface area (TPSA) is 57.8 Å². The molecule has 2 aliphatic heterocycles. The second-order valence-corrected chi connectivity index (χ2v) is 7.27. The molecular formula is C19H22F3N3O3. The fourth-order valence-electron chi connectivity index (χ4n) is 3.94. The number of H-pyrrole nitrogens is 1. The minimum Gasteiger partial charge on any atom is -0.405 e. The van der Waals surface area contributed by atoms with Crippen molar-refractivity contribution in [2.75, 3.05) is 45.9 Å². The Labute approximate surface area is 160 Å². The van der Waals surface area contributed by atoms with Gasteiger partial charge < -0.3 is 19.4 Å². The maximum atomic E-state index is 12.8. The van der Waals surface area contributed by atoms with Crippen LogP contribution in [0.25, 0.3) is 10.9 Å². The van der Waals surface area contributed by atoms with Gasteiger partial charge in [-0.3, -0.25) is 9.69 Å². The molecule has 2 aromatic rings. The van der Waals surface area contributed by atoms with Crippen molar-refractivity contribution >= 4 is 16.8 Å². The number of carbonyl (C=O) groups excluding carboxylic acids is 1. The van der Waals surface area contributed by atoms with E-state index in [-0.39, 0.29) is 22.7 Å². The SMILES string of the molecule is O=C(c1cc2c(OC(F)(F)F)cccc2[nH]1)N1CC[C@H](CN2CCOCC2)C1. The number of nitrogens with one attached hydrogen (secondary N) is 1.